The minimum atomic E-state index is 0.490. The average Bonchev–Trinajstić information content (AvgIpc) is 2.81. The number of aromatic nitrogens is 2. The molecule has 0 spiro atoms. The van der Waals surface area contributed by atoms with Crippen molar-refractivity contribution < 1.29 is 4.42 Å². The smallest absolute Gasteiger partial charge is 0.154 e. The number of aryl methyl sites for hydroxylation is 1. The van der Waals surface area contributed by atoms with Crippen LogP contribution in [0.4, 0.5) is 0 Å². The Morgan fingerprint density at radius 1 is 1.21 bits per heavy atom. The first kappa shape index (κ1) is 12.2. The Morgan fingerprint density at radius 3 is 2.84 bits per heavy atom. The number of furan rings is 1. The van der Waals surface area contributed by atoms with Crippen LogP contribution in [0.15, 0.2) is 35.0 Å². The van der Waals surface area contributed by atoms with Crippen LogP contribution in [0.3, 0.4) is 0 Å². The monoisotopic (exact) mass is 272 g/mol. The molecule has 0 bridgehead atoms. The van der Waals surface area contributed by atoms with E-state index in [1.165, 1.54) is 11.9 Å². The number of hydrogen-bond acceptors (Lipinski definition) is 3. The first-order valence-electron chi connectivity index (χ1n) is 6.19. The van der Waals surface area contributed by atoms with Crippen molar-refractivity contribution in [3.8, 4) is 11.5 Å². The number of rotatable bonds is 2. The molecule has 0 fully saturated rings. The molecule has 0 N–H and O–H groups in total. The summed E-state index contributed by atoms with van der Waals surface area (Å²) in [6.07, 6.45) is 2.24. The summed E-state index contributed by atoms with van der Waals surface area (Å²) in [6.45, 7) is 4.09. The highest BCUT2D eigenvalue weighted by Crippen LogP contribution is 2.31. The summed E-state index contributed by atoms with van der Waals surface area (Å²) < 4.78 is 5.86. The summed E-state index contributed by atoms with van der Waals surface area (Å²) in [4.78, 5) is 8.33. The third-order valence-electron chi connectivity index (χ3n) is 3.15. The molecule has 3 rings (SSSR count). The summed E-state index contributed by atoms with van der Waals surface area (Å²) >= 11 is 6.11. The van der Waals surface area contributed by atoms with Gasteiger partial charge in [-0.15, -0.1) is 0 Å². The maximum atomic E-state index is 6.11. The van der Waals surface area contributed by atoms with Gasteiger partial charge in [-0.05, 0) is 31.5 Å². The summed E-state index contributed by atoms with van der Waals surface area (Å²) in [5.41, 5.74) is 3.75. The second kappa shape index (κ2) is 4.67. The molecule has 2 heterocycles. The van der Waals surface area contributed by atoms with E-state index in [1.807, 2.05) is 25.1 Å². The molecular weight excluding hydrogens is 260 g/mol. The van der Waals surface area contributed by atoms with E-state index in [-0.39, 0.29) is 0 Å². The lowest BCUT2D eigenvalue weighted by Gasteiger charge is -2.04. The van der Waals surface area contributed by atoms with Gasteiger partial charge in [0.2, 0.25) is 0 Å². The minimum Gasteiger partial charge on any atom is -0.454 e. The summed E-state index contributed by atoms with van der Waals surface area (Å²) in [5.74, 6) is 0.738. The van der Waals surface area contributed by atoms with Crippen LogP contribution in [-0.2, 0) is 6.42 Å². The number of fused-ring (bicyclic) bond motifs is 1. The maximum Gasteiger partial charge on any atom is 0.154 e. The van der Waals surface area contributed by atoms with Crippen molar-refractivity contribution in [1.82, 2.24) is 9.97 Å². The van der Waals surface area contributed by atoms with Gasteiger partial charge in [0.25, 0.3) is 0 Å². The molecule has 3 nitrogen and oxygen atoms in total. The summed E-state index contributed by atoms with van der Waals surface area (Å²) in [6, 6.07) is 8.10. The molecule has 0 aliphatic heterocycles. The highest BCUT2D eigenvalue weighted by atomic mass is 35.5. The van der Waals surface area contributed by atoms with Gasteiger partial charge in [-0.2, -0.15) is 0 Å². The van der Waals surface area contributed by atoms with E-state index in [1.54, 1.807) is 0 Å². The molecule has 1 aromatic carbocycles. The van der Waals surface area contributed by atoms with Crippen molar-refractivity contribution in [3.05, 3.63) is 46.9 Å². The Labute approximate surface area is 116 Å². The Hall–Kier alpha value is -1.87. The zero-order valence-corrected chi connectivity index (χ0v) is 11.5. The third-order valence-corrected chi connectivity index (χ3v) is 3.48. The van der Waals surface area contributed by atoms with Gasteiger partial charge in [0.15, 0.2) is 5.76 Å². The molecule has 96 valence electrons. The molecule has 0 unspecified atom stereocenters. The third kappa shape index (κ3) is 2.10. The quantitative estimate of drug-likeness (QED) is 0.649. The van der Waals surface area contributed by atoms with E-state index in [0.29, 0.717) is 5.15 Å². The van der Waals surface area contributed by atoms with E-state index in [9.17, 15) is 0 Å². The second-order valence-corrected chi connectivity index (χ2v) is 4.86. The van der Waals surface area contributed by atoms with Crippen LogP contribution in [0, 0.1) is 6.92 Å². The molecule has 3 aromatic rings. The van der Waals surface area contributed by atoms with Crippen molar-refractivity contribution in [2.24, 2.45) is 0 Å². The van der Waals surface area contributed by atoms with Gasteiger partial charge < -0.3 is 4.42 Å². The lowest BCUT2D eigenvalue weighted by Crippen LogP contribution is -1.94. The topological polar surface area (TPSA) is 38.9 Å². The van der Waals surface area contributed by atoms with Crippen LogP contribution in [0.5, 0.6) is 0 Å². The fourth-order valence-electron chi connectivity index (χ4n) is 2.20. The largest absolute Gasteiger partial charge is 0.454 e. The van der Waals surface area contributed by atoms with Crippen molar-refractivity contribution >= 4 is 22.6 Å². The van der Waals surface area contributed by atoms with Crippen molar-refractivity contribution in [3.63, 3.8) is 0 Å². The van der Waals surface area contributed by atoms with Gasteiger partial charge in [0, 0.05) is 10.9 Å². The average molecular weight is 273 g/mol. The molecule has 0 radical (unpaired) electrons. The van der Waals surface area contributed by atoms with Gasteiger partial charge in [-0.1, -0.05) is 30.2 Å². The zero-order valence-electron chi connectivity index (χ0n) is 10.8. The van der Waals surface area contributed by atoms with Crippen LogP contribution in [0.1, 0.15) is 18.1 Å². The van der Waals surface area contributed by atoms with E-state index >= 15 is 0 Å². The van der Waals surface area contributed by atoms with Gasteiger partial charge in [0.1, 0.15) is 22.8 Å². The minimum absolute atomic E-state index is 0.490. The number of benzene rings is 1. The van der Waals surface area contributed by atoms with Gasteiger partial charge in [-0.3, -0.25) is 0 Å². The molecular formula is C15H13ClN2O. The van der Waals surface area contributed by atoms with Crippen molar-refractivity contribution in [1.29, 1.82) is 0 Å². The number of hydrogen-bond donors (Lipinski definition) is 0. The molecule has 0 aliphatic rings. The molecule has 4 heteroatoms. The maximum absolute atomic E-state index is 6.11. The number of halogens is 1. The lowest BCUT2D eigenvalue weighted by atomic mass is 10.1. The highest BCUT2D eigenvalue weighted by Gasteiger charge is 2.14. The molecule has 0 aliphatic carbocycles. The first-order chi connectivity index (χ1) is 9.19. The first-order valence-corrected chi connectivity index (χ1v) is 6.56. The zero-order chi connectivity index (χ0) is 13.4. The Morgan fingerprint density at radius 2 is 2.05 bits per heavy atom. The SMILES string of the molecule is CCc1c(Cl)ncnc1-c1cc2cc(C)ccc2o1. The summed E-state index contributed by atoms with van der Waals surface area (Å²) in [7, 11) is 0. The lowest BCUT2D eigenvalue weighted by molar-refractivity contribution is 0.627. The van der Waals surface area contributed by atoms with E-state index < -0.39 is 0 Å². The van der Waals surface area contributed by atoms with Gasteiger partial charge in [-0.25, -0.2) is 9.97 Å². The highest BCUT2D eigenvalue weighted by molar-refractivity contribution is 6.30. The van der Waals surface area contributed by atoms with Crippen molar-refractivity contribution in [2.75, 3.05) is 0 Å². The molecule has 0 saturated carbocycles. The Kier molecular flexibility index (Phi) is 2.99. The molecule has 2 aromatic heterocycles. The van der Waals surface area contributed by atoms with Gasteiger partial charge in [0.05, 0.1) is 0 Å². The van der Waals surface area contributed by atoms with Crippen LogP contribution in [0.25, 0.3) is 22.4 Å². The van der Waals surface area contributed by atoms with Crippen LogP contribution in [-0.4, -0.2) is 9.97 Å². The van der Waals surface area contributed by atoms with Gasteiger partial charge >= 0.3 is 0 Å². The normalized spacial score (nSPS) is 11.1. The predicted octanol–water partition coefficient (Wildman–Crippen LogP) is 4.41. The van der Waals surface area contributed by atoms with Crippen molar-refractivity contribution in [2.45, 2.75) is 20.3 Å². The Bertz CT molecular complexity index is 749. The fourth-order valence-corrected chi connectivity index (χ4v) is 2.46. The van der Waals surface area contributed by atoms with Crippen LogP contribution < -0.4 is 0 Å². The second-order valence-electron chi connectivity index (χ2n) is 4.50. The Balaban J connectivity index is 2.22. The molecule has 19 heavy (non-hydrogen) atoms. The summed E-state index contributed by atoms with van der Waals surface area (Å²) in [5, 5.41) is 1.57. The molecule has 0 saturated heterocycles. The molecule has 0 atom stereocenters. The standard InChI is InChI=1S/C15H13ClN2O/c1-3-11-14(17-8-18-15(11)16)13-7-10-6-9(2)4-5-12(10)19-13/h4-8H,3H2,1-2H3. The fraction of sp³-hybridized carbons (Fsp3) is 0.200. The van der Waals surface area contributed by atoms with Crippen LogP contribution in [0.2, 0.25) is 5.15 Å². The van der Waals surface area contributed by atoms with E-state index in [2.05, 4.69) is 23.0 Å². The van der Waals surface area contributed by atoms with Crippen LogP contribution >= 0.6 is 11.6 Å². The van der Waals surface area contributed by atoms with E-state index in [0.717, 1.165) is 34.4 Å². The molecule has 0 amide bonds. The number of nitrogens with zero attached hydrogens (tertiary/aromatic N) is 2. The predicted molar refractivity (Wildman–Crippen MR) is 76.4 cm³/mol. The van der Waals surface area contributed by atoms with E-state index in [4.69, 9.17) is 16.0 Å².